The van der Waals surface area contributed by atoms with Gasteiger partial charge in [0.2, 0.25) is 0 Å². The molecule has 4 heterocycles. The zero-order valence-corrected chi connectivity index (χ0v) is 19.5. The summed E-state index contributed by atoms with van der Waals surface area (Å²) in [6.45, 7) is 4.24. The number of rotatable bonds is 4. The SMILES string of the molecule is COc1cccnc1N1CCN(C(=O)c2cc3c(C4CCN(C)C4)cc(Cl)c(F)c3[nH]2)CC1. The lowest BCUT2D eigenvalue weighted by Crippen LogP contribution is -2.49. The number of amides is 1. The number of hydrogen-bond donors (Lipinski definition) is 1. The van der Waals surface area contributed by atoms with Crippen LogP contribution in [0.15, 0.2) is 30.5 Å². The summed E-state index contributed by atoms with van der Waals surface area (Å²) in [6.07, 6.45) is 2.72. The largest absolute Gasteiger partial charge is 0.493 e. The molecule has 1 atom stereocenters. The smallest absolute Gasteiger partial charge is 0.270 e. The molecule has 2 saturated heterocycles. The summed E-state index contributed by atoms with van der Waals surface area (Å²) in [7, 11) is 3.70. The molecular formula is C24H27ClFN5O2. The highest BCUT2D eigenvalue weighted by Gasteiger charge is 2.29. The van der Waals surface area contributed by atoms with Crippen molar-refractivity contribution in [1.82, 2.24) is 19.8 Å². The van der Waals surface area contributed by atoms with Crippen LogP contribution in [0.5, 0.6) is 5.75 Å². The molecular weight excluding hydrogens is 445 g/mol. The average Bonchev–Trinajstić information content (AvgIpc) is 3.48. The van der Waals surface area contributed by atoms with E-state index in [9.17, 15) is 9.18 Å². The molecule has 33 heavy (non-hydrogen) atoms. The van der Waals surface area contributed by atoms with Crippen molar-refractivity contribution in [3.8, 4) is 5.75 Å². The van der Waals surface area contributed by atoms with Gasteiger partial charge in [-0.3, -0.25) is 4.79 Å². The van der Waals surface area contributed by atoms with Gasteiger partial charge in [-0.05, 0) is 55.8 Å². The predicted octanol–water partition coefficient (Wildman–Crippen LogP) is 3.75. The molecule has 2 aromatic heterocycles. The highest BCUT2D eigenvalue weighted by Crippen LogP contribution is 2.37. The van der Waals surface area contributed by atoms with Gasteiger partial charge in [0.25, 0.3) is 5.91 Å². The maximum Gasteiger partial charge on any atom is 0.270 e. The van der Waals surface area contributed by atoms with Gasteiger partial charge in [-0.1, -0.05) is 11.6 Å². The number of halogens is 2. The van der Waals surface area contributed by atoms with E-state index in [-0.39, 0.29) is 16.8 Å². The number of ether oxygens (including phenoxy) is 1. The number of likely N-dealkylation sites (N-methyl/N-ethyl adjacent to an activating group) is 1. The number of aromatic nitrogens is 2. The van der Waals surface area contributed by atoms with Crippen LogP contribution in [-0.2, 0) is 0 Å². The molecule has 3 aromatic rings. The van der Waals surface area contributed by atoms with Gasteiger partial charge in [-0.15, -0.1) is 0 Å². The van der Waals surface area contributed by atoms with Crippen LogP contribution in [0.25, 0.3) is 10.9 Å². The quantitative estimate of drug-likeness (QED) is 0.628. The summed E-state index contributed by atoms with van der Waals surface area (Å²) < 4.78 is 20.3. The topological polar surface area (TPSA) is 64.7 Å². The molecule has 2 fully saturated rings. The van der Waals surface area contributed by atoms with Crippen molar-refractivity contribution in [2.24, 2.45) is 0 Å². The van der Waals surface area contributed by atoms with Crippen LogP contribution in [0.4, 0.5) is 10.2 Å². The molecule has 0 radical (unpaired) electrons. The van der Waals surface area contributed by atoms with Crippen LogP contribution < -0.4 is 9.64 Å². The minimum Gasteiger partial charge on any atom is -0.493 e. The minimum absolute atomic E-state index is 0.0887. The van der Waals surface area contributed by atoms with Gasteiger partial charge in [0.15, 0.2) is 17.4 Å². The van der Waals surface area contributed by atoms with Crippen LogP contribution in [-0.4, -0.2) is 79.1 Å². The Labute approximate surface area is 197 Å². The van der Waals surface area contributed by atoms with Crippen molar-refractivity contribution in [3.63, 3.8) is 0 Å². The maximum absolute atomic E-state index is 14.8. The second kappa shape index (κ2) is 8.83. The van der Waals surface area contributed by atoms with Crippen LogP contribution in [0.2, 0.25) is 5.02 Å². The number of H-pyrrole nitrogens is 1. The summed E-state index contributed by atoms with van der Waals surface area (Å²) in [6, 6.07) is 7.23. The van der Waals surface area contributed by atoms with Gasteiger partial charge in [0.05, 0.1) is 17.6 Å². The van der Waals surface area contributed by atoms with Crippen molar-refractivity contribution in [2.45, 2.75) is 12.3 Å². The Morgan fingerprint density at radius 3 is 2.73 bits per heavy atom. The van der Waals surface area contributed by atoms with Crippen molar-refractivity contribution in [1.29, 1.82) is 0 Å². The number of fused-ring (bicyclic) bond motifs is 1. The van der Waals surface area contributed by atoms with E-state index in [0.717, 1.165) is 36.3 Å². The first-order chi connectivity index (χ1) is 16.0. The molecule has 9 heteroatoms. The first kappa shape index (κ1) is 22.0. The van der Waals surface area contributed by atoms with E-state index >= 15 is 0 Å². The maximum atomic E-state index is 14.8. The van der Waals surface area contributed by atoms with Crippen LogP contribution >= 0.6 is 11.6 Å². The monoisotopic (exact) mass is 471 g/mol. The summed E-state index contributed by atoms with van der Waals surface area (Å²) in [4.78, 5) is 26.9. The summed E-state index contributed by atoms with van der Waals surface area (Å²) in [5.41, 5.74) is 1.71. The number of pyridine rings is 1. The van der Waals surface area contributed by atoms with Gasteiger partial charge in [0, 0.05) is 44.3 Å². The van der Waals surface area contributed by atoms with E-state index in [2.05, 4.69) is 26.8 Å². The molecule has 0 saturated carbocycles. The van der Waals surface area contributed by atoms with Crippen LogP contribution in [0.1, 0.15) is 28.4 Å². The van der Waals surface area contributed by atoms with Crippen molar-refractivity contribution < 1.29 is 13.9 Å². The molecule has 2 aliphatic rings. The van der Waals surface area contributed by atoms with Crippen molar-refractivity contribution >= 4 is 34.2 Å². The Bertz CT molecular complexity index is 1190. The van der Waals surface area contributed by atoms with Crippen molar-refractivity contribution in [3.05, 3.63) is 52.6 Å². The standard InChI is InChI=1S/C24H27ClFN5O2/c1-29-7-5-15(14-29)16-12-18(25)21(26)22-17(16)13-19(28-22)24(32)31-10-8-30(9-11-31)23-20(33-2)4-3-6-27-23/h3-4,6,12-13,15,28H,5,7-11,14H2,1-2H3. The lowest BCUT2D eigenvalue weighted by molar-refractivity contribution is 0.0741. The highest BCUT2D eigenvalue weighted by atomic mass is 35.5. The summed E-state index contributed by atoms with van der Waals surface area (Å²) in [5, 5.41) is 0.836. The fourth-order valence-corrected chi connectivity index (χ4v) is 5.18. The second-order valence-corrected chi connectivity index (χ2v) is 9.20. The van der Waals surface area contributed by atoms with E-state index in [0.29, 0.717) is 43.1 Å². The van der Waals surface area contributed by atoms with Gasteiger partial charge >= 0.3 is 0 Å². The molecule has 2 aliphatic heterocycles. The Morgan fingerprint density at radius 1 is 1.24 bits per heavy atom. The third-order valence-electron chi connectivity index (χ3n) is 6.74. The Balaban J connectivity index is 1.38. The minimum atomic E-state index is -0.507. The highest BCUT2D eigenvalue weighted by molar-refractivity contribution is 6.31. The number of nitrogens with zero attached hydrogens (tertiary/aromatic N) is 4. The van der Waals surface area contributed by atoms with Crippen molar-refractivity contribution in [2.75, 3.05) is 58.3 Å². The lowest BCUT2D eigenvalue weighted by Gasteiger charge is -2.35. The molecule has 5 rings (SSSR count). The molecule has 0 bridgehead atoms. The van der Waals surface area contributed by atoms with E-state index in [1.165, 1.54) is 0 Å². The molecule has 0 aliphatic carbocycles. The first-order valence-corrected chi connectivity index (χ1v) is 11.6. The van der Waals surface area contributed by atoms with E-state index in [1.807, 2.05) is 12.1 Å². The number of benzene rings is 1. The average molecular weight is 472 g/mol. The molecule has 0 spiro atoms. The third-order valence-corrected chi connectivity index (χ3v) is 7.01. The molecule has 1 aromatic carbocycles. The number of carbonyl (C=O) groups is 1. The van der Waals surface area contributed by atoms with E-state index in [4.69, 9.17) is 16.3 Å². The molecule has 7 nitrogen and oxygen atoms in total. The van der Waals surface area contributed by atoms with E-state index < -0.39 is 5.82 Å². The number of likely N-dealkylation sites (tertiary alicyclic amines) is 1. The lowest BCUT2D eigenvalue weighted by atomic mass is 9.95. The fraction of sp³-hybridized carbons (Fsp3) is 0.417. The number of hydrogen-bond acceptors (Lipinski definition) is 5. The van der Waals surface area contributed by atoms with Gasteiger partial charge < -0.3 is 24.4 Å². The number of anilines is 1. The number of nitrogens with one attached hydrogen (secondary N) is 1. The number of carbonyl (C=O) groups excluding carboxylic acids is 1. The van der Waals surface area contributed by atoms with Gasteiger partial charge in [-0.25, -0.2) is 9.37 Å². The number of piperazine rings is 1. The fourth-order valence-electron chi connectivity index (χ4n) is 4.96. The molecule has 1 N–H and O–H groups in total. The zero-order valence-electron chi connectivity index (χ0n) is 18.8. The van der Waals surface area contributed by atoms with E-state index in [1.54, 1.807) is 30.3 Å². The molecule has 1 unspecified atom stereocenters. The van der Waals surface area contributed by atoms with Gasteiger partial charge in [0.1, 0.15) is 5.69 Å². The zero-order chi connectivity index (χ0) is 23.1. The first-order valence-electron chi connectivity index (χ1n) is 11.2. The Morgan fingerprint density at radius 2 is 2.03 bits per heavy atom. The summed E-state index contributed by atoms with van der Waals surface area (Å²) >= 11 is 6.22. The number of aromatic amines is 1. The predicted molar refractivity (Wildman–Crippen MR) is 127 cm³/mol. The normalized spacial score (nSPS) is 19.5. The second-order valence-electron chi connectivity index (χ2n) is 8.79. The van der Waals surface area contributed by atoms with Crippen LogP contribution in [0.3, 0.4) is 0 Å². The van der Waals surface area contributed by atoms with Crippen LogP contribution in [0, 0.1) is 5.82 Å². The Kier molecular flexibility index (Phi) is 5.88. The number of methoxy groups -OCH3 is 1. The third kappa shape index (κ3) is 4.02. The Hall–Kier alpha value is -2.84. The van der Waals surface area contributed by atoms with Gasteiger partial charge in [-0.2, -0.15) is 0 Å². The molecule has 1 amide bonds. The molecule has 174 valence electrons. The summed E-state index contributed by atoms with van der Waals surface area (Å²) in [5.74, 6) is 1.12.